The summed E-state index contributed by atoms with van der Waals surface area (Å²) in [6, 6.07) is 0. The maximum atomic E-state index is 5.52. The molecule has 1 aliphatic rings. The quantitative estimate of drug-likeness (QED) is 0.497. The molecule has 0 aliphatic carbocycles. The van der Waals surface area contributed by atoms with E-state index in [0.29, 0.717) is 0 Å². The molecule has 0 aromatic heterocycles. The number of hydrogen-bond donors (Lipinski definition) is 1. The fourth-order valence-corrected chi connectivity index (χ4v) is 0.888. The monoisotopic (exact) mass is 224 g/mol. The molecule has 1 radical (unpaired) electrons. The third kappa shape index (κ3) is 2.55. The molecule has 1 aliphatic heterocycles. The SMILES string of the molecule is C=C1C(C)=CC(C)=[C-]N1N.[Y]. The van der Waals surface area contributed by atoms with Crippen LogP contribution in [0, 0.1) is 6.20 Å². The Bertz CT molecular complexity index is 228. The molecule has 0 saturated heterocycles. The van der Waals surface area contributed by atoms with Crippen LogP contribution in [0.25, 0.3) is 0 Å². The third-order valence-corrected chi connectivity index (χ3v) is 1.48. The standard InChI is InChI=1S/C8H11N2.Y/c1-6-4-7(2)8(3)10(9)5-6;/h4H,3,9H2,1-2H3;/q-1;. The molecule has 2 nitrogen and oxygen atoms in total. The molecule has 0 spiro atoms. The van der Waals surface area contributed by atoms with Crippen LogP contribution in [0.5, 0.6) is 0 Å². The van der Waals surface area contributed by atoms with Crippen LogP contribution in [0.3, 0.4) is 0 Å². The van der Waals surface area contributed by atoms with E-state index in [1.54, 1.807) is 0 Å². The Morgan fingerprint density at radius 3 is 2.55 bits per heavy atom. The molecular weight excluding hydrogens is 213 g/mol. The van der Waals surface area contributed by atoms with Gasteiger partial charge in [0.1, 0.15) is 0 Å². The Hall–Kier alpha value is 0.0839. The van der Waals surface area contributed by atoms with E-state index in [1.165, 1.54) is 5.01 Å². The summed E-state index contributed by atoms with van der Waals surface area (Å²) in [5.41, 5.74) is 2.94. The van der Waals surface area contributed by atoms with Gasteiger partial charge in [0.2, 0.25) is 0 Å². The van der Waals surface area contributed by atoms with E-state index in [1.807, 2.05) is 19.9 Å². The number of hydrogen-bond acceptors (Lipinski definition) is 2. The first-order chi connectivity index (χ1) is 4.61. The molecule has 57 valence electrons. The molecule has 0 aromatic carbocycles. The van der Waals surface area contributed by atoms with Crippen molar-refractivity contribution in [2.24, 2.45) is 5.84 Å². The number of allylic oxidation sites excluding steroid dienone is 3. The fraction of sp³-hybridized carbons (Fsp3) is 0.250. The summed E-state index contributed by atoms with van der Waals surface area (Å²) in [6.45, 7) is 7.70. The van der Waals surface area contributed by atoms with Gasteiger partial charge < -0.3 is 5.01 Å². The molecule has 3 heteroatoms. The Balaban J connectivity index is 0.000001000. The van der Waals surface area contributed by atoms with Crippen LogP contribution >= 0.6 is 0 Å². The molecule has 0 amide bonds. The Morgan fingerprint density at radius 1 is 1.55 bits per heavy atom. The van der Waals surface area contributed by atoms with Crippen molar-refractivity contribution in [3.63, 3.8) is 0 Å². The second kappa shape index (κ2) is 4.19. The first kappa shape index (κ1) is 11.1. The molecule has 0 unspecified atom stereocenters. The van der Waals surface area contributed by atoms with E-state index in [2.05, 4.69) is 12.8 Å². The topological polar surface area (TPSA) is 29.3 Å². The number of rotatable bonds is 0. The molecule has 1 heterocycles. The summed E-state index contributed by atoms with van der Waals surface area (Å²) in [5.74, 6) is 5.52. The summed E-state index contributed by atoms with van der Waals surface area (Å²) in [6.07, 6.45) is 4.92. The zero-order chi connectivity index (χ0) is 7.72. The number of nitrogens with two attached hydrogens (primary N) is 1. The summed E-state index contributed by atoms with van der Waals surface area (Å²) in [5, 5.41) is 1.42. The van der Waals surface area contributed by atoms with Gasteiger partial charge in [-0.2, -0.15) is 6.08 Å². The van der Waals surface area contributed by atoms with Crippen molar-refractivity contribution in [2.45, 2.75) is 13.8 Å². The second-order valence-electron chi connectivity index (χ2n) is 2.44. The zero-order valence-corrected chi connectivity index (χ0v) is 9.72. The van der Waals surface area contributed by atoms with Gasteiger partial charge in [0, 0.05) is 32.7 Å². The van der Waals surface area contributed by atoms with E-state index < -0.39 is 0 Å². The van der Waals surface area contributed by atoms with Crippen LogP contribution in [-0.4, -0.2) is 5.01 Å². The van der Waals surface area contributed by atoms with Crippen LogP contribution in [0.4, 0.5) is 0 Å². The number of nitrogens with zero attached hydrogens (tertiary/aromatic N) is 1. The Labute approximate surface area is 92.7 Å². The van der Waals surface area contributed by atoms with Crippen LogP contribution < -0.4 is 5.84 Å². The van der Waals surface area contributed by atoms with Crippen molar-refractivity contribution < 1.29 is 32.7 Å². The van der Waals surface area contributed by atoms with Gasteiger partial charge in [-0.15, -0.1) is 17.7 Å². The minimum Gasteiger partial charge on any atom is -0.395 e. The molecule has 0 bridgehead atoms. The molecular formula is C8H11N2Y-. The summed E-state index contributed by atoms with van der Waals surface area (Å²) >= 11 is 0. The van der Waals surface area contributed by atoms with Gasteiger partial charge in [0.15, 0.2) is 0 Å². The van der Waals surface area contributed by atoms with Crippen molar-refractivity contribution in [2.75, 3.05) is 0 Å². The zero-order valence-electron chi connectivity index (χ0n) is 6.89. The minimum atomic E-state index is 0. The molecule has 2 N–H and O–H groups in total. The molecule has 11 heavy (non-hydrogen) atoms. The molecule has 0 saturated carbocycles. The first-order valence-electron chi connectivity index (χ1n) is 3.14. The summed E-state index contributed by atoms with van der Waals surface area (Å²) in [7, 11) is 0. The Morgan fingerprint density at radius 2 is 2.09 bits per heavy atom. The van der Waals surface area contributed by atoms with E-state index in [0.717, 1.165) is 16.8 Å². The third-order valence-electron chi connectivity index (χ3n) is 1.48. The predicted octanol–water partition coefficient (Wildman–Crippen LogP) is 1.34. The average Bonchev–Trinajstić information content (AvgIpc) is 1.82. The van der Waals surface area contributed by atoms with Gasteiger partial charge in [-0.1, -0.05) is 25.7 Å². The van der Waals surface area contributed by atoms with E-state index >= 15 is 0 Å². The van der Waals surface area contributed by atoms with E-state index in [-0.39, 0.29) is 32.7 Å². The summed E-state index contributed by atoms with van der Waals surface area (Å²) < 4.78 is 0. The van der Waals surface area contributed by atoms with Gasteiger partial charge in [0.05, 0.1) is 0 Å². The van der Waals surface area contributed by atoms with Crippen LogP contribution in [0.2, 0.25) is 0 Å². The molecule has 0 aromatic rings. The van der Waals surface area contributed by atoms with Crippen LogP contribution in [0.1, 0.15) is 13.8 Å². The first-order valence-corrected chi connectivity index (χ1v) is 3.14. The molecule has 0 fully saturated rings. The van der Waals surface area contributed by atoms with E-state index in [9.17, 15) is 0 Å². The minimum absolute atomic E-state index is 0. The fourth-order valence-electron chi connectivity index (χ4n) is 0.888. The van der Waals surface area contributed by atoms with Crippen molar-refractivity contribution in [3.8, 4) is 0 Å². The maximum absolute atomic E-state index is 5.52. The van der Waals surface area contributed by atoms with Crippen LogP contribution in [0.15, 0.2) is 29.5 Å². The van der Waals surface area contributed by atoms with Crippen molar-refractivity contribution >= 4 is 0 Å². The van der Waals surface area contributed by atoms with Gasteiger partial charge in [-0.3, -0.25) is 5.84 Å². The maximum Gasteiger partial charge on any atom is 0 e. The van der Waals surface area contributed by atoms with Gasteiger partial charge in [-0.05, 0) is 0 Å². The predicted molar refractivity (Wildman–Crippen MR) is 41.4 cm³/mol. The van der Waals surface area contributed by atoms with Crippen molar-refractivity contribution in [1.29, 1.82) is 0 Å². The summed E-state index contributed by atoms with van der Waals surface area (Å²) in [4.78, 5) is 0. The Kier molecular flexibility index (Phi) is 4.23. The normalized spacial score (nSPS) is 17.0. The largest absolute Gasteiger partial charge is 0.395 e. The molecule has 0 atom stereocenters. The second-order valence-corrected chi connectivity index (χ2v) is 2.44. The van der Waals surface area contributed by atoms with Gasteiger partial charge in [0.25, 0.3) is 0 Å². The van der Waals surface area contributed by atoms with E-state index in [4.69, 9.17) is 5.84 Å². The smallest absolute Gasteiger partial charge is 0 e. The van der Waals surface area contributed by atoms with Gasteiger partial charge in [-0.25, -0.2) is 0 Å². The van der Waals surface area contributed by atoms with Crippen molar-refractivity contribution in [3.05, 3.63) is 35.7 Å². The number of hydrazine groups is 1. The van der Waals surface area contributed by atoms with Crippen LogP contribution in [-0.2, 0) is 32.7 Å². The molecule has 1 rings (SSSR count). The van der Waals surface area contributed by atoms with Crippen molar-refractivity contribution in [1.82, 2.24) is 5.01 Å². The average molecular weight is 224 g/mol. The van der Waals surface area contributed by atoms with Gasteiger partial charge >= 0.3 is 0 Å².